The van der Waals surface area contributed by atoms with Crippen LogP contribution in [0, 0.1) is 6.92 Å². The Morgan fingerprint density at radius 2 is 1.94 bits per heavy atom. The zero-order valence-electron chi connectivity index (χ0n) is 9.81. The van der Waals surface area contributed by atoms with Crippen molar-refractivity contribution in [3.05, 3.63) is 29.3 Å². The molecule has 0 spiro atoms. The molecule has 1 rings (SSSR count). The second-order valence-electron chi connectivity index (χ2n) is 4.13. The number of hydrogen-bond donors (Lipinski definition) is 3. The third-order valence-electron chi connectivity index (χ3n) is 2.36. The SMILES string of the molecule is Cc1cccc(C(C)(C)CO)c1O.[B]=NS. The van der Waals surface area contributed by atoms with E-state index in [2.05, 4.69) is 24.8 Å². The van der Waals surface area contributed by atoms with Crippen molar-refractivity contribution in [1.82, 2.24) is 0 Å². The first-order valence-corrected chi connectivity index (χ1v) is 5.25. The molecule has 1 aromatic rings. The number of phenolic OH excluding ortho intramolecular Hbond substituents is 1. The number of aliphatic hydroxyl groups excluding tert-OH is 1. The summed E-state index contributed by atoms with van der Waals surface area (Å²) in [5.74, 6) is 0.293. The van der Waals surface area contributed by atoms with Crippen LogP contribution < -0.4 is 0 Å². The average molecular weight is 238 g/mol. The molecule has 87 valence electrons. The summed E-state index contributed by atoms with van der Waals surface area (Å²) in [4.78, 5) is 0. The van der Waals surface area contributed by atoms with Gasteiger partial charge in [0.05, 0.1) is 6.61 Å². The van der Waals surface area contributed by atoms with E-state index in [-0.39, 0.29) is 12.0 Å². The van der Waals surface area contributed by atoms with Gasteiger partial charge in [0, 0.05) is 11.0 Å². The van der Waals surface area contributed by atoms with Crippen LogP contribution in [0.15, 0.2) is 22.5 Å². The summed E-state index contributed by atoms with van der Waals surface area (Å²) < 4.78 is 2.69. The van der Waals surface area contributed by atoms with E-state index in [1.807, 2.05) is 39.0 Å². The molecule has 1 radical (unpaired) electrons. The van der Waals surface area contributed by atoms with Crippen LogP contribution in [-0.2, 0) is 5.41 Å². The Labute approximate surface area is 103 Å². The fourth-order valence-corrected chi connectivity index (χ4v) is 1.29. The van der Waals surface area contributed by atoms with Gasteiger partial charge in [0.25, 0.3) is 0 Å². The Morgan fingerprint density at radius 3 is 2.38 bits per heavy atom. The molecule has 0 fully saturated rings. The third kappa shape index (κ3) is 3.98. The van der Waals surface area contributed by atoms with Crippen molar-refractivity contribution >= 4 is 20.5 Å². The molecule has 0 aliphatic carbocycles. The summed E-state index contributed by atoms with van der Waals surface area (Å²) in [6, 6.07) is 5.59. The number of para-hydroxylation sites is 1. The molecule has 0 aliphatic heterocycles. The predicted molar refractivity (Wildman–Crippen MR) is 70.1 cm³/mol. The molecule has 0 atom stereocenters. The monoisotopic (exact) mass is 238 g/mol. The van der Waals surface area contributed by atoms with Gasteiger partial charge in [-0.15, -0.1) is 0 Å². The van der Waals surface area contributed by atoms with E-state index in [9.17, 15) is 5.11 Å². The Hall–Kier alpha value is -0.805. The van der Waals surface area contributed by atoms with Crippen LogP contribution in [0.4, 0.5) is 0 Å². The molecule has 5 heteroatoms. The maximum atomic E-state index is 9.75. The number of aryl methyl sites for hydroxylation is 1. The second kappa shape index (κ2) is 6.71. The summed E-state index contributed by atoms with van der Waals surface area (Å²) in [5, 5.41) is 18.9. The van der Waals surface area contributed by atoms with Gasteiger partial charge in [0.2, 0.25) is 0 Å². The van der Waals surface area contributed by atoms with Crippen molar-refractivity contribution in [2.75, 3.05) is 6.61 Å². The Bertz CT molecular complexity index is 356. The van der Waals surface area contributed by atoms with Crippen LogP contribution in [0.1, 0.15) is 25.0 Å². The van der Waals surface area contributed by atoms with Crippen molar-refractivity contribution in [1.29, 1.82) is 0 Å². The third-order valence-corrected chi connectivity index (χ3v) is 2.36. The zero-order valence-corrected chi connectivity index (χ0v) is 10.7. The van der Waals surface area contributed by atoms with Crippen molar-refractivity contribution in [2.45, 2.75) is 26.2 Å². The fourth-order valence-electron chi connectivity index (χ4n) is 1.29. The van der Waals surface area contributed by atoms with Gasteiger partial charge in [-0.1, -0.05) is 32.0 Å². The number of phenols is 1. The van der Waals surface area contributed by atoms with Gasteiger partial charge in [-0.05, 0) is 12.5 Å². The predicted octanol–water partition coefficient (Wildman–Crippen LogP) is 2.15. The molecule has 0 aromatic heterocycles. The van der Waals surface area contributed by atoms with Crippen molar-refractivity contribution in [3.63, 3.8) is 0 Å². The molecular formula is C11H17BNO2S. The molecule has 0 amide bonds. The topological polar surface area (TPSA) is 52.8 Å². The summed E-state index contributed by atoms with van der Waals surface area (Å²) in [6.45, 7) is 5.69. The van der Waals surface area contributed by atoms with Gasteiger partial charge in [-0.25, -0.2) is 0 Å². The molecule has 0 saturated heterocycles. The van der Waals surface area contributed by atoms with Crippen molar-refractivity contribution < 1.29 is 10.2 Å². The quantitative estimate of drug-likeness (QED) is 0.546. The molecule has 0 heterocycles. The molecule has 0 bridgehead atoms. The normalized spacial score (nSPS) is 10.2. The second-order valence-corrected chi connectivity index (χ2v) is 4.36. The number of thiol groups is 1. The van der Waals surface area contributed by atoms with Crippen LogP contribution >= 0.6 is 12.8 Å². The minimum atomic E-state index is -0.379. The molecule has 0 aliphatic rings. The molecule has 16 heavy (non-hydrogen) atoms. The van der Waals surface area contributed by atoms with Gasteiger partial charge in [0.15, 0.2) is 0 Å². The van der Waals surface area contributed by atoms with E-state index in [1.54, 1.807) is 0 Å². The van der Waals surface area contributed by atoms with E-state index < -0.39 is 0 Å². The van der Waals surface area contributed by atoms with E-state index in [0.717, 1.165) is 11.1 Å². The van der Waals surface area contributed by atoms with E-state index in [4.69, 9.17) is 5.11 Å². The number of hydrogen-bond acceptors (Lipinski definition) is 4. The molecule has 3 nitrogen and oxygen atoms in total. The summed E-state index contributed by atoms with van der Waals surface area (Å²) in [5.41, 5.74) is 1.27. The van der Waals surface area contributed by atoms with Crippen LogP contribution in [0.25, 0.3) is 0 Å². The number of aliphatic hydroxyl groups is 1. The molecule has 1 aromatic carbocycles. The first-order valence-electron chi connectivity index (χ1n) is 4.85. The van der Waals surface area contributed by atoms with E-state index in [1.165, 1.54) is 0 Å². The van der Waals surface area contributed by atoms with Gasteiger partial charge < -0.3 is 10.2 Å². The van der Waals surface area contributed by atoms with Gasteiger partial charge >= 0.3 is 24.8 Å². The van der Waals surface area contributed by atoms with E-state index in [0.29, 0.717) is 5.75 Å². The summed E-state index contributed by atoms with van der Waals surface area (Å²) in [6.07, 6.45) is 0. The molecule has 0 saturated carbocycles. The van der Waals surface area contributed by atoms with Crippen LogP contribution in [0.5, 0.6) is 5.75 Å². The van der Waals surface area contributed by atoms with Crippen LogP contribution in [0.3, 0.4) is 0 Å². The van der Waals surface area contributed by atoms with Crippen molar-refractivity contribution in [2.24, 2.45) is 4.30 Å². The van der Waals surface area contributed by atoms with Gasteiger partial charge in [-0.3, -0.25) is 0 Å². The molecule has 2 N–H and O–H groups in total. The number of benzene rings is 1. The number of aromatic hydroxyl groups is 1. The summed E-state index contributed by atoms with van der Waals surface area (Å²) in [7, 11) is 4.34. The fraction of sp³-hybridized carbons (Fsp3) is 0.455. The Balaban J connectivity index is 0.000000673. The number of nitrogens with zero attached hydrogens (tertiary/aromatic N) is 1. The first-order chi connectivity index (χ1) is 7.40. The molecular weight excluding hydrogens is 221 g/mol. The first kappa shape index (κ1) is 15.2. The maximum absolute atomic E-state index is 9.75. The average Bonchev–Trinajstić information content (AvgIpc) is 2.23. The minimum absolute atomic E-state index is 0.0318. The van der Waals surface area contributed by atoms with Gasteiger partial charge in [0.1, 0.15) is 5.75 Å². The summed E-state index contributed by atoms with van der Waals surface area (Å²) >= 11 is 3.19. The standard InChI is InChI=1S/C11H16O2.BHNS/c1-8-5-4-6-9(10(8)13)11(2,3)7-12;1-2-3/h4-6,12-13H,7H2,1-3H3;3H. The number of rotatable bonds is 2. The van der Waals surface area contributed by atoms with Crippen LogP contribution in [0.2, 0.25) is 0 Å². The molecule has 0 unspecified atom stereocenters. The van der Waals surface area contributed by atoms with E-state index >= 15 is 0 Å². The van der Waals surface area contributed by atoms with Gasteiger partial charge in [-0.2, -0.15) is 0 Å². The van der Waals surface area contributed by atoms with Crippen LogP contribution in [-0.4, -0.2) is 24.5 Å². The Kier molecular flexibility index (Phi) is 6.37. The van der Waals surface area contributed by atoms with Crippen molar-refractivity contribution in [3.8, 4) is 5.75 Å². The zero-order chi connectivity index (χ0) is 12.8. The Morgan fingerprint density at radius 1 is 1.44 bits per heavy atom.